The third-order valence-electron chi connectivity index (χ3n) is 2.13. The first-order valence-electron chi connectivity index (χ1n) is 4.95. The van der Waals surface area contributed by atoms with Gasteiger partial charge in [0.2, 0.25) is 0 Å². The normalized spacial score (nSPS) is 12.1. The highest BCUT2D eigenvalue weighted by molar-refractivity contribution is 5.75. The Balaban J connectivity index is 2.62. The van der Waals surface area contributed by atoms with Crippen LogP contribution in [0.3, 0.4) is 0 Å². The Bertz CT molecular complexity index is 301. The second-order valence-corrected chi connectivity index (χ2v) is 3.24. The molecule has 15 heavy (non-hydrogen) atoms. The fourth-order valence-electron chi connectivity index (χ4n) is 1.42. The lowest BCUT2D eigenvalue weighted by atomic mass is 10.1. The number of hydrogen-bond acceptors (Lipinski definition) is 4. The molecule has 1 atom stereocenters. The summed E-state index contributed by atoms with van der Waals surface area (Å²) in [6.45, 7) is 2.63. The summed E-state index contributed by atoms with van der Waals surface area (Å²) in [6.07, 6.45) is 0.588. The summed E-state index contributed by atoms with van der Waals surface area (Å²) < 4.78 is 0. The molecule has 0 bridgehead atoms. The summed E-state index contributed by atoms with van der Waals surface area (Å²) in [6, 6.07) is 9.37. The van der Waals surface area contributed by atoms with Crippen LogP contribution in [-0.4, -0.2) is 18.6 Å². The first-order valence-corrected chi connectivity index (χ1v) is 4.95. The van der Waals surface area contributed by atoms with E-state index < -0.39 is 5.97 Å². The van der Waals surface area contributed by atoms with Crippen molar-refractivity contribution < 1.29 is 9.63 Å². The van der Waals surface area contributed by atoms with Gasteiger partial charge in [0.25, 0.3) is 0 Å². The zero-order valence-electron chi connectivity index (χ0n) is 8.77. The minimum atomic E-state index is -0.430. The average Bonchev–Trinajstić information content (AvgIpc) is 2.29. The van der Waals surface area contributed by atoms with Gasteiger partial charge in [-0.05, 0) is 18.5 Å². The highest BCUT2D eigenvalue weighted by atomic mass is 16.7. The smallest absolute Gasteiger partial charge is 0.341 e. The molecular weight excluding hydrogens is 192 g/mol. The number of rotatable bonds is 5. The van der Waals surface area contributed by atoms with Crippen LogP contribution in [0.1, 0.15) is 12.5 Å². The van der Waals surface area contributed by atoms with Gasteiger partial charge in [-0.1, -0.05) is 37.3 Å². The average molecular weight is 208 g/mol. The van der Waals surface area contributed by atoms with Crippen LogP contribution < -0.4 is 11.2 Å². The molecule has 4 heteroatoms. The van der Waals surface area contributed by atoms with Crippen molar-refractivity contribution in [1.29, 1.82) is 0 Å². The molecule has 0 heterocycles. The molecule has 1 aromatic carbocycles. The Labute approximate surface area is 89.4 Å². The molecule has 1 aromatic rings. The molecule has 0 saturated carbocycles. The Morgan fingerprint density at radius 2 is 2.13 bits per heavy atom. The summed E-state index contributed by atoms with van der Waals surface area (Å²) >= 11 is 0. The largest absolute Gasteiger partial charge is 0.372 e. The highest BCUT2D eigenvalue weighted by Crippen LogP contribution is 2.03. The fourth-order valence-corrected chi connectivity index (χ4v) is 1.42. The number of nitrogens with one attached hydrogen (secondary N) is 1. The van der Waals surface area contributed by atoms with Crippen molar-refractivity contribution in [3.05, 3.63) is 35.9 Å². The van der Waals surface area contributed by atoms with Crippen LogP contribution in [0.4, 0.5) is 0 Å². The van der Waals surface area contributed by atoms with Crippen molar-refractivity contribution in [1.82, 2.24) is 5.32 Å². The van der Waals surface area contributed by atoms with E-state index in [1.54, 1.807) is 0 Å². The minimum absolute atomic E-state index is 0.373. The fraction of sp³-hybridized carbons (Fsp3) is 0.364. The number of carbonyl (C=O) groups is 1. The molecule has 82 valence electrons. The van der Waals surface area contributed by atoms with E-state index in [0.717, 1.165) is 5.56 Å². The maximum atomic E-state index is 11.3. The van der Waals surface area contributed by atoms with Gasteiger partial charge in [-0.15, -0.1) is 0 Å². The van der Waals surface area contributed by atoms with Crippen molar-refractivity contribution in [2.75, 3.05) is 6.54 Å². The van der Waals surface area contributed by atoms with Crippen LogP contribution in [-0.2, 0) is 16.1 Å². The Hall–Kier alpha value is -1.39. The molecule has 0 aliphatic heterocycles. The van der Waals surface area contributed by atoms with Crippen molar-refractivity contribution >= 4 is 5.97 Å². The maximum absolute atomic E-state index is 11.3. The number of nitrogens with two attached hydrogens (primary N) is 1. The molecule has 0 aliphatic carbocycles. The van der Waals surface area contributed by atoms with Crippen LogP contribution >= 0.6 is 0 Å². The number of carbonyl (C=O) groups excluding carboxylic acids is 1. The van der Waals surface area contributed by atoms with Gasteiger partial charge in [-0.3, -0.25) is 0 Å². The molecule has 0 fully saturated rings. The predicted octanol–water partition coefficient (Wildman–Crippen LogP) is 0.624. The van der Waals surface area contributed by atoms with Gasteiger partial charge in [-0.25, -0.2) is 4.79 Å². The molecular formula is C11H16N2O2. The van der Waals surface area contributed by atoms with Crippen molar-refractivity contribution in [3.63, 3.8) is 0 Å². The van der Waals surface area contributed by atoms with Crippen LogP contribution in [0.5, 0.6) is 0 Å². The zero-order chi connectivity index (χ0) is 11.1. The van der Waals surface area contributed by atoms with Crippen molar-refractivity contribution in [2.24, 2.45) is 5.90 Å². The van der Waals surface area contributed by atoms with E-state index in [1.807, 2.05) is 37.3 Å². The summed E-state index contributed by atoms with van der Waals surface area (Å²) in [7, 11) is 0. The monoisotopic (exact) mass is 208 g/mol. The molecule has 3 N–H and O–H groups in total. The number of hydrogen-bond donors (Lipinski definition) is 2. The quantitative estimate of drug-likeness (QED) is 0.696. The van der Waals surface area contributed by atoms with E-state index in [2.05, 4.69) is 10.2 Å². The molecule has 0 saturated heterocycles. The molecule has 0 aromatic heterocycles. The minimum Gasteiger partial charge on any atom is -0.372 e. The van der Waals surface area contributed by atoms with Gasteiger partial charge in [0, 0.05) is 0 Å². The summed E-state index contributed by atoms with van der Waals surface area (Å²) in [4.78, 5) is 15.5. The number of likely N-dealkylation sites (N-methyl/N-ethyl adjacent to an activating group) is 1. The lowest BCUT2D eigenvalue weighted by molar-refractivity contribution is -0.146. The van der Waals surface area contributed by atoms with E-state index in [1.165, 1.54) is 0 Å². The zero-order valence-corrected chi connectivity index (χ0v) is 8.77. The highest BCUT2D eigenvalue weighted by Gasteiger charge is 2.18. The molecule has 0 spiro atoms. The third-order valence-corrected chi connectivity index (χ3v) is 2.13. The molecule has 1 unspecified atom stereocenters. The van der Waals surface area contributed by atoms with Crippen LogP contribution in [0.15, 0.2) is 30.3 Å². The van der Waals surface area contributed by atoms with E-state index >= 15 is 0 Å². The standard InChI is InChI=1S/C11H16N2O2/c1-2-13-10(11(14)15-12)8-9-6-4-3-5-7-9/h3-7,10,13H,2,8,12H2,1H3. The Morgan fingerprint density at radius 1 is 1.47 bits per heavy atom. The van der Waals surface area contributed by atoms with Gasteiger partial charge in [-0.2, -0.15) is 5.90 Å². The van der Waals surface area contributed by atoms with Gasteiger partial charge in [0.1, 0.15) is 6.04 Å². The van der Waals surface area contributed by atoms with Crippen LogP contribution in [0.25, 0.3) is 0 Å². The first-order chi connectivity index (χ1) is 7.27. The van der Waals surface area contributed by atoms with Gasteiger partial charge < -0.3 is 10.2 Å². The molecule has 0 aliphatic rings. The SMILES string of the molecule is CCNC(Cc1ccccc1)C(=O)ON. The lowest BCUT2D eigenvalue weighted by Crippen LogP contribution is -2.40. The van der Waals surface area contributed by atoms with Crippen LogP contribution in [0, 0.1) is 0 Å². The predicted molar refractivity (Wildman–Crippen MR) is 57.9 cm³/mol. The van der Waals surface area contributed by atoms with E-state index in [4.69, 9.17) is 5.90 Å². The topological polar surface area (TPSA) is 64.3 Å². The van der Waals surface area contributed by atoms with Gasteiger partial charge in [0.05, 0.1) is 0 Å². The van der Waals surface area contributed by atoms with E-state index in [9.17, 15) is 4.79 Å². The third kappa shape index (κ3) is 3.69. The van der Waals surface area contributed by atoms with E-state index in [0.29, 0.717) is 13.0 Å². The summed E-state index contributed by atoms with van der Waals surface area (Å²) in [5, 5.41) is 3.03. The van der Waals surface area contributed by atoms with Crippen molar-refractivity contribution in [2.45, 2.75) is 19.4 Å². The second-order valence-electron chi connectivity index (χ2n) is 3.24. The second kappa shape index (κ2) is 6.16. The maximum Gasteiger partial charge on any atom is 0.341 e. The van der Waals surface area contributed by atoms with Gasteiger partial charge in [0.15, 0.2) is 0 Å². The summed E-state index contributed by atoms with van der Waals surface area (Å²) in [5.41, 5.74) is 1.08. The molecule has 1 rings (SSSR count). The van der Waals surface area contributed by atoms with Gasteiger partial charge >= 0.3 is 5.97 Å². The first kappa shape index (κ1) is 11.7. The Kier molecular flexibility index (Phi) is 4.80. The molecule has 4 nitrogen and oxygen atoms in total. The lowest BCUT2D eigenvalue weighted by Gasteiger charge is -2.14. The van der Waals surface area contributed by atoms with E-state index in [-0.39, 0.29) is 6.04 Å². The van der Waals surface area contributed by atoms with Crippen molar-refractivity contribution in [3.8, 4) is 0 Å². The van der Waals surface area contributed by atoms with Crippen LogP contribution in [0.2, 0.25) is 0 Å². The number of benzene rings is 1. The Morgan fingerprint density at radius 3 is 2.67 bits per heavy atom. The summed E-state index contributed by atoms with van der Waals surface area (Å²) in [5.74, 6) is 4.44. The molecule has 0 amide bonds. The molecule has 0 radical (unpaired) electrons.